The maximum atomic E-state index is 11.5. The molecule has 2 N–H and O–H groups in total. The Labute approximate surface area is 162 Å². The van der Waals surface area contributed by atoms with Crippen LogP contribution in [0, 0.1) is 0 Å². The van der Waals surface area contributed by atoms with Crippen LogP contribution in [0.2, 0.25) is 0 Å². The third-order valence-electron chi connectivity index (χ3n) is 4.54. The average Bonchev–Trinajstić information content (AvgIpc) is 2.62. The van der Waals surface area contributed by atoms with Crippen LogP contribution in [-0.4, -0.2) is 29.0 Å². The Morgan fingerprint density at radius 3 is 2.19 bits per heavy atom. The molecule has 2 rings (SSSR count). The lowest BCUT2D eigenvalue weighted by atomic mass is 9.93. The third-order valence-corrected chi connectivity index (χ3v) is 4.54. The Hall–Kier alpha value is -2.49. The number of rotatable bonds is 8. The maximum absolute atomic E-state index is 11.5. The fourth-order valence-electron chi connectivity index (χ4n) is 3.04. The molecule has 0 aliphatic heterocycles. The number of hydrogen-bond donors (Lipinski definition) is 1. The van der Waals surface area contributed by atoms with E-state index < -0.39 is 0 Å². The number of phenolic OH excluding ortho intramolecular Hbond substituents is 1. The Morgan fingerprint density at radius 2 is 1.59 bits per heavy atom. The lowest BCUT2D eigenvalue weighted by Gasteiger charge is -2.15. The molecule has 0 saturated heterocycles. The Bertz CT molecular complexity index is 778. The zero-order valence-electron chi connectivity index (χ0n) is 17.0. The Balaban J connectivity index is 2.25. The number of carbonyl (C=O) groups excluding carboxylic acids is 1. The van der Waals surface area contributed by atoms with E-state index in [0.29, 0.717) is 31.3 Å². The van der Waals surface area contributed by atoms with E-state index in [2.05, 4.69) is 44.6 Å². The number of phenols is 1. The molecule has 4 nitrogen and oxygen atoms in total. The van der Waals surface area contributed by atoms with Crippen LogP contribution in [0.3, 0.4) is 0 Å². The summed E-state index contributed by atoms with van der Waals surface area (Å²) in [6.07, 6.45) is 0.294. The highest BCUT2D eigenvalue weighted by molar-refractivity contribution is 5.70. The van der Waals surface area contributed by atoms with E-state index >= 15 is 0 Å². The molecule has 0 bridgehead atoms. The van der Waals surface area contributed by atoms with Gasteiger partial charge in [-0.1, -0.05) is 33.8 Å². The van der Waals surface area contributed by atoms with E-state index in [0.717, 1.165) is 28.0 Å². The summed E-state index contributed by atoms with van der Waals surface area (Å²) < 4.78 is 9.56. The van der Waals surface area contributed by atoms with Crippen molar-refractivity contribution in [2.45, 2.75) is 52.9 Å². The summed E-state index contributed by atoms with van der Waals surface area (Å²) in [4.78, 5) is 11.5. The lowest BCUT2D eigenvalue weighted by Crippen LogP contribution is -2.09. The van der Waals surface area contributed by atoms with Gasteiger partial charge in [0.05, 0.1) is 12.2 Å². The molecule has 0 radical (unpaired) electrons. The van der Waals surface area contributed by atoms with Gasteiger partial charge in [0.15, 0.2) is 6.61 Å². The molecule has 0 fully saturated rings. The summed E-state index contributed by atoms with van der Waals surface area (Å²) in [6, 6.07) is 12.0. The van der Waals surface area contributed by atoms with Crippen molar-refractivity contribution in [3.63, 3.8) is 0 Å². The predicted molar refractivity (Wildman–Crippen MR) is 110 cm³/mol. The molecular formula is C23H31O4+. The van der Waals surface area contributed by atoms with Gasteiger partial charge in [0.2, 0.25) is 0 Å². The van der Waals surface area contributed by atoms with Crippen LogP contribution in [-0.2, 0) is 9.53 Å². The van der Waals surface area contributed by atoms with E-state index in [9.17, 15) is 9.90 Å². The normalized spacial score (nSPS) is 11.1. The van der Waals surface area contributed by atoms with Gasteiger partial charge in [-0.05, 0) is 59.7 Å². The van der Waals surface area contributed by atoms with Gasteiger partial charge in [0, 0.05) is 6.07 Å². The number of aromatic hydroxyl groups is 2. The summed E-state index contributed by atoms with van der Waals surface area (Å²) >= 11 is 0. The van der Waals surface area contributed by atoms with Crippen molar-refractivity contribution < 1.29 is 19.4 Å². The molecule has 4 heteroatoms. The molecule has 27 heavy (non-hydrogen) atoms. The van der Waals surface area contributed by atoms with Crippen LogP contribution >= 0.6 is 0 Å². The van der Waals surface area contributed by atoms with Gasteiger partial charge in [-0.15, -0.1) is 0 Å². The molecular weight excluding hydrogens is 340 g/mol. The van der Waals surface area contributed by atoms with Crippen molar-refractivity contribution in [2.75, 3.05) is 13.2 Å². The summed E-state index contributed by atoms with van der Waals surface area (Å²) in [6.45, 7) is 11.1. The molecule has 146 valence electrons. The monoisotopic (exact) mass is 371 g/mol. The highest BCUT2D eigenvalue weighted by Gasteiger charge is 2.16. The minimum Gasteiger partial charge on any atom is -0.582 e. The van der Waals surface area contributed by atoms with Gasteiger partial charge in [-0.25, -0.2) is 0 Å². The first-order valence-electron chi connectivity index (χ1n) is 9.63. The molecule has 0 spiro atoms. The fourth-order valence-corrected chi connectivity index (χ4v) is 3.04. The zero-order chi connectivity index (χ0) is 20.0. The van der Waals surface area contributed by atoms with Crippen molar-refractivity contribution >= 4 is 5.97 Å². The van der Waals surface area contributed by atoms with Gasteiger partial charge in [0.1, 0.15) is 12.2 Å². The second-order valence-electron chi connectivity index (χ2n) is 7.29. The van der Waals surface area contributed by atoms with Crippen LogP contribution < -0.4 is 0 Å². The number of hydrogen-bond acceptors (Lipinski definition) is 3. The molecule has 0 atom stereocenters. The second kappa shape index (κ2) is 9.45. The minimum atomic E-state index is -0.214. The van der Waals surface area contributed by atoms with Crippen molar-refractivity contribution in [3.05, 3.63) is 47.5 Å². The van der Waals surface area contributed by atoms with Crippen molar-refractivity contribution in [3.8, 4) is 22.6 Å². The molecule has 2 aromatic rings. The quantitative estimate of drug-likeness (QED) is 0.492. The van der Waals surface area contributed by atoms with E-state index in [-0.39, 0.29) is 11.9 Å². The largest absolute Gasteiger partial charge is 0.582 e. The van der Waals surface area contributed by atoms with Gasteiger partial charge in [-0.3, -0.25) is 4.79 Å². The molecule has 0 aromatic heterocycles. The average molecular weight is 371 g/mol. The van der Waals surface area contributed by atoms with E-state index in [1.807, 2.05) is 18.2 Å². The SMILES string of the molecule is CCOC(=O)CC[OH+]c1ccc(-c2ccc(O)c(C(C)C)c2)cc1C(C)C. The Kier molecular flexibility index (Phi) is 7.28. The van der Waals surface area contributed by atoms with Crippen LogP contribution in [0.1, 0.15) is 64.0 Å². The molecule has 0 unspecified atom stereocenters. The topological polar surface area (TPSA) is 59.3 Å². The van der Waals surface area contributed by atoms with Gasteiger partial charge in [0.25, 0.3) is 5.75 Å². The third kappa shape index (κ3) is 5.49. The molecule has 0 amide bonds. The van der Waals surface area contributed by atoms with Crippen molar-refractivity contribution in [1.82, 2.24) is 0 Å². The second-order valence-corrected chi connectivity index (χ2v) is 7.29. The number of carbonyl (C=O) groups is 1. The number of aliphatic hydroxyl groups is 1. The number of benzene rings is 2. The molecule has 0 heterocycles. The van der Waals surface area contributed by atoms with E-state index in [1.165, 1.54) is 0 Å². The summed E-state index contributed by atoms with van der Waals surface area (Å²) in [5.74, 6) is 1.61. The van der Waals surface area contributed by atoms with E-state index in [4.69, 9.17) is 4.74 Å². The van der Waals surface area contributed by atoms with Crippen LogP contribution in [0.5, 0.6) is 11.5 Å². The first-order valence-corrected chi connectivity index (χ1v) is 9.63. The van der Waals surface area contributed by atoms with E-state index in [1.54, 1.807) is 13.0 Å². The van der Waals surface area contributed by atoms with Crippen LogP contribution in [0.4, 0.5) is 0 Å². The number of esters is 1. The first kappa shape index (κ1) is 20.8. The summed E-state index contributed by atoms with van der Waals surface area (Å²) in [7, 11) is 0. The number of ether oxygens (including phenoxy) is 2. The zero-order valence-corrected chi connectivity index (χ0v) is 17.0. The maximum Gasteiger partial charge on any atom is 0.314 e. The van der Waals surface area contributed by atoms with Crippen LogP contribution in [0.15, 0.2) is 36.4 Å². The standard InChI is InChI=1S/C23H30O4/c1-6-26-23(25)11-12-27-22-10-8-18(14-20(22)16(4)5)17-7-9-21(24)19(13-17)15(2)3/h7-10,13-16,24H,6,11-12H2,1-5H3/p+1. The molecule has 0 aliphatic carbocycles. The van der Waals surface area contributed by atoms with Gasteiger partial charge >= 0.3 is 5.97 Å². The van der Waals surface area contributed by atoms with Crippen LogP contribution in [0.25, 0.3) is 11.1 Å². The van der Waals surface area contributed by atoms with Gasteiger partial charge in [-0.2, -0.15) is 0 Å². The predicted octanol–water partition coefficient (Wildman–Crippen LogP) is 5.50. The smallest absolute Gasteiger partial charge is 0.314 e. The van der Waals surface area contributed by atoms with Gasteiger partial charge < -0.3 is 14.6 Å². The lowest BCUT2D eigenvalue weighted by molar-refractivity contribution is -0.145. The highest BCUT2D eigenvalue weighted by atomic mass is 16.5. The summed E-state index contributed by atoms with van der Waals surface area (Å²) in [5, 5.41) is 10.1. The summed E-state index contributed by atoms with van der Waals surface area (Å²) in [5.41, 5.74) is 4.28. The molecule has 0 saturated carbocycles. The molecule has 0 aliphatic rings. The minimum absolute atomic E-state index is 0.214. The first-order chi connectivity index (χ1) is 12.8. The molecule has 2 aromatic carbocycles. The fraction of sp³-hybridized carbons (Fsp3) is 0.435. The highest BCUT2D eigenvalue weighted by Crippen LogP contribution is 2.35. The van der Waals surface area contributed by atoms with Crippen molar-refractivity contribution in [2.24, 2.45) is 0 Å². The van der Waals surface area contributed by atoms with Crippen molar-refractivity contribution in [1.29, 1.82) is 0 Å². The Morgan fingerprint density at radius 1 is 1.00 bits per heavy atom.